The summed E-state index contributed by atoms with van der Waals surface area (Å²) in [5.74, 6) is 0. The SMILES string of the molecule is Cc1ccccc1CN1CCNC(C)(c2ccccc2)C1. The lowest BCUT2D eigenvalue weighted by atomic mass is 9.89. The molecule has 1 atom stereocenters. The van der Waals surface area contributed by atoms with Crippen LogP contribution < -0.4 is 5.32 Å². The van der Waals surface area contributed by atoms with Crippen LogP contribution in [0, 0.1) is 6.92 Å². The van der Waals surface area contributed by atoms with Crippen molar-refractivity contribution in [2.75, 3.05) is 19.6 Å². The van der Waals surface area contributed by atoms with Gasteiger partial charge in [0, 0.05) is 26.2 Å². The fraction of sp³-hybridized carbons (Fsp3) is 0.368. The molecule has 2 heteroatoms. The van der Waals surface area contributed by atoms with Gasteiger partial charge >= 0.3 is 0 Å². The van der Waals surface area contributed by atoms with Gasteiger partial charge in [0.25, 0.3) is 0 Å². The van der Waals surface area contributed by atoms with Crippen molar-refractivity contribution in [2.45, 2.75) is 25.9 Å². The lowest BCUT2D eigenvalue weighted by Crippen LogP contribution is -2.56. The summed E-state index contributed by atoms with van der Waals surface area (Å²) in [5.41, 5.74) is 4.24. The number of hydrogen-bond acceptors (Lipinski definition) is 2. The van der Waals surface area contributed by atoms with Gasteiger partial charge in [-0.05, 0) is 30.5 Å². The van der Waals surface area contributed by atoms with E-state index < -0.39 is 0 Å². The van der Waals surface area contributed by atoms with E-state index in [2.05, 4.69) is 78.7 Å². The maximum atomic E-state index is 3.70. The molecule has 0 bridgehead atoms. The number of hydrogen-bond donors (Lipinski definition) is 1. The third kappa shape index (κ3) is 3.17. The van der Waals surface area contributed by atoms with Gasteiger partial charge in [-0.3, -0.25) is 4.90 Å². The smallest absolute Gasteiger partial charge is 0.0535 e. The molecule has 1 saturated heterocycles. The van der Waals surface area contributed by atoms with E-state index in [1.165, 1.54) is 16.7 Å². The quantitative estimate of drug-likeness (QED) is 0.928. The van der Waals surface area contributed by atoms with Crippen molar-refractivity contribution < 1.29 is 0 Å². The lowest BCUT2D eigenvalue weighted by molar-refractivity contribution is 0.136. The molecule has 110 valence electrons. The molecule has 0 spiro atoms. The van der Waals surface area contributed by atoms with Crippen molar-refractivity contribution in [1.82, 2.24) is 10.2 Å². The van der Waals surface area contributed by atoms with Gasteiger partial charge in [0.05, 0.1) is 5.54 Å². The number of nitrogens with zero attached hydrogens (tertiary/aromatic N) is 1. The first-order chi connectivity index (χ1) is 10.2. The molecule has 0 saturated carbocycles. The van der Waals surface area contributed by atoms with Crippen LogP contribution in [-0.2, 0) is 12.1 Å². The van der Waals surface area contributed by atoms with Crippen LogP contribution in [0.15, 0.2) is 54.6 Å². The zero-order valence-corrected chi connectivity index (χ0v) is 13.0. The molecule has 2 nitrogen and oxygen atoms in total. The third-order valence-corrected chi connectivity index (χ3v) is 4.55. The molecule has 1 unspecified atom stereocenters. The highest BCUT2D eigenvalue weighted by atomic mass is 15.2. The Hall–Kier alpha value is -1.64. The minimum Gasteiger partial charge on any atom is -0.305 e. The van der Waals surface area contributed by atoms with Crippen LogP contribution >= 0.6 is 0 Å². The predicted octanol–water partition coefficient (Wildman–Crippen LogP) is 3.32. The minimum atomic E-state index is 0.0438. The highest BCUT2D eigenvalue weighted by Crippen LogP contribution is 2.25. The number of benzene rings is 2. The normalized spacial score (nSPS) is 23.1. The molecule has 1 N–H and O–H groups in total. The summed E-state index contributed by atoms with van der Waals surface area (Å²) in [5, 5.41) is 3.70. The summed E-state index contributed by atoms with van der Waals surface area (Å²) >= 11 is 0. The van der Waals surface area contributed by atoms with E-state index in [9.17, 15) is 0 Å². The van der Waals surface area contributed by atoms with Crippen LogP contribution in [0.3, 0.4) is 0 Å². The van der Waals surface area contributed by atoms with Crippen LogP contribution in [0.5, 0.6) is 0 Å². The van der Waals surface area contributed by atoms with E-state index in [-0.39, 0.29) is 5.54 Å². The zero-order chi connectivity index (χ0) is 14.7. The monoisotopic (exact) mass is 280 g/mol. The predicted molar refractivity (Wildman–Crippen MR) is 88.3 cm³/mol. The van der Waals surface area contributed by atoms with E-state index in [1.807, 2.05) is 0 Å². The molecule has 0 radical (unpaired) electrons. The Balaban J connectivity index is 1.76. The molecule has 2 aromatic rings. The maximum Gasteiger partial charge on any atom is 0.0535 e. The van der Waals surface area contributed by atoms with Gasteiger partial charge < -0.3 is 5.32 Å². The summed E-state index contributed by atoms with van der Waals surface area (Å²) in [4.78, 5) is 2.56. The number of piperazine rings is 1. The second kappa shape index (κ2) is 6.00. The number of aryl methyl sites for hydroxylation is 1. The molecule has 3 rings (SSSR count). The highest BCUT2D eigenvalue weighted by Gasteiger charge is 2.31. The molecule has 1 fully saturated rings. The van der Waals surface area contributed by atoms with Crippen molar-refractivity contribution in [3.63, 3.8) is 0 Å². The molecule has 1 aliphatic heterocycles. The highest BCUT2D eigenvalue weighted by molar-refractivity contribution is 5.27. The van der Waals surface area contributed by atoms with Gasteiger partial charge in [0.2, 0.25) is 0 Å². The Labute approximate surface area is 127 Å². The minimum absolute atomic E-state index is 0.0438. The van der Waals surface area contributed by atoms with Crippen LogP contribution in [0.2, 0.25) is 0 Å². The van der Waals surface area contributed by atoms with Gasteiger partial charge in [-0.25, -0.2) is 0 Å². The number of rotatable bonds is 3. The molecule has 2 aromatic carbocycles. The molecule has 1 aliphatic rings. The van der Waals surface area contributed by atoms with E-state index >= 15 is 0 Å². The van der Waals surface area contributed by atoms with E-state index in [0.29, 0.717) is 0 Å². The molecular formula is C19H24N2. The Morgan fingerprint density at radius 1 is 1.05 bits per heavy atom. The molecular weight excluding hydrogens is 256 g/mol. The Morgan fingerprint density at radius 3 is 2.52 bits per heavy atom. The molecule has 21 heavy (non-hydrogen) atoms. The topological polar surface area (TPSA) is 15.3 Å². The van der Waals surface area contributed by atoms with Gasteiger partial charge in [0.15, 0.2) is 0 Å². The first kappa shape index (κ1) is 14.3. The van der Waals surface area contributed by atoms with Gasteiger partial charge in [-0.1, -0.05) is 54.6 Å². The van der Waals surface area contributed by atoms with Crippen molar-refractivity contribution in [1.29, 1.82) is 0 Å². The molecule has 0 aliphatic carbocycles. The maximum absolute atomic E-state index is 3.70. The molecule has 0 amide bonds. The zero-order valence-electron chi connectivity index (χ0n) is 13.0. The Kier molecular flexibility index (Phi) is 4.09. The molecule has 1 heterocycles. The standard InChI is InChI=1S/C19H24N2/c1-16-8-6-7-9-17(16)14-21-13-12-20-19(2,15-21)18-10-4-3-5-11-18/h3-11,20H,12-15H2,1-2H3. The second-order valence-electron chi connectivity index (χ2n) is 6.26. The van der Waals surface area contributed by atoms with E-state index in [1.54, 1.807) is 0 Å². The van der Waals surface area contributed by atoms with Crippen LogP contribution in [0.4, 0.5) is 0 Å². The van der Waals surface area contributed by atoms with Crippen molar-refractivity contribution in [2.24, 2.45) is 0 Å². The summed E-state index contributed by atoms with van der Waals surface area (Å²) < 4.78 is 0. The van der Waals surface area contributed by atoms with E-state index in [4.69, 9.17) is 0 Å². The van der Waals surface area contributed by atoms with Gasteiger partial charge in [-0.15, -0.1) is 0 Å². The Morgan fingerprint density at radius 2 is 1.76 bits per heavy atom. The first-order valence-corrected chi connectivity index (χ1v) is 7.75. The third-order valence-electron chi connectivity index (χ3n) is 4.55. The average Bonchev–Trinajstić information content (AvgIpc) is 2.51. The summed E-state index contributed by atoms with van der Waals surface area (Å²) in [7, 11) is 0. The molecule has 0 aromatic heterocycles. The largest absolute Gasteiger partial charge is 0.305 e. The lowest BCUT2D eigenvalue weighted by Gasteiger charge is -2.42. The van der Waals surface area contributed by atoms with Gasteiger partial charge in [-0.2, -0.15) is 0 Å². The van der Waals surface area contributed by atoms with Crippen molar-refractivity contribution in [3.8, 4) is 0 Å². The number of nitrogens with one attached hydrogen (secondary N) is 1. The second-order valence-corrected chi connectivity index (χ2v) is 6.26. The van der Waals surface area contributed by atoms with Crippen LogP contribution in [-0.4, -0.2) is 24.5 Å². The van der Waals surface area contributed by atoms with Crippen LogP contribution in [0.25, 0.3) is 0 Å². The Bertz CT molecular complexity index is 594. The van der Waals surface area contributed by atoms with Crippen molar-refractivity contribution in [3.05, 3.63) is 71.3 Å². The average molecular weight is 280 g/mol. The van der Waals surface area contributed by atoms with Gasteiger partial charge in [0.1, 0.15) is 0 Å². The van der Waals surface area contributed by atoms with E-state index in [0.717, 1.165) is 26.2 Å². The van der Waals surface area contributed by atoms with Crippen LogP contribution in [0.1, 0.15) is 23.6 Å². The van der Waals surface area contributed by atoms with Crippen molar-refractivity contribution >= 4 is 0 Å². The first-order valence-electron chi connectivity index (χ1n) is 7.75. The fourth-order valence-corrected chi connectivity index (χ4v) is 3.23. The summed E-state index contributed by atoms with van der Waals surface area (Å²) in [6.07, 6.45) is 0. The summed E-state index contributed by atoms with van der Waals surface area (Å²) in [6, 6.07) is 19.5. The fourth-order valence-electron chi connectivity index (χ4n) is 3.23. The summed E-state index contributed by atoms with van der Waals surface area (Å²) in [6.45, 7) is 8.75.